The van der Waals surface area contributed by atoms with Crippen molar-refractivity contribution in [2.24, 2.45) is 0 Å². The van der Waals surface area contributed by atoms with Gasteiger partial charge in [-0.15, -0.1) is 6.58 Å². The molecule has 0 aromatic rings. The van der Waals surface area contributed by atoms with Gasteiger partial charge in [0.1, 0.15) is 0 Å². The molecule has 4 heteroatoms. The number of hydrogen-bond acceptors (Lipinski definition) is 2. The third kappa shape index (κ3) is 1.64. The summed E-state index contributed by atoms with van der Waals surface area (Å²) in [4.78, 5) is 21.3. The van der Waals surface area contributed by atoms with Gasteiger partial charge in [0.2, 0.25) is 5.91 Å². The van der Waals surface area contributed by atoms with Gasteiger partial charge in [0.25, 0.3) is 0 Å². The first-order valence-corrected chi connectivity index (χ1v) is 3.74. The average Bonchev–Trinajstić information content (AvgIpc) is 2.32. The Balaban J connectivity index is 2.70. The Morgan fingerprint density at radius 3 is 2.83 bits per heavy atom. The van der Waals surface area contributed by atoms with E-state index >= 15 is 0 Å². The van der Waals surface area contributed by atoms with Crippen LogP contribution in [0.2, 0.25) is 0 Å². The Morgan fingerprint density at radius 1 is 1.83 bits per heavy atom. The molecule has 1 aliphatic rings. The highest BCUT2D eigenvalue weighted by Crippen LogP contribution is 2.24. The van der Waals surface area contributed by atoms with Crippen LogP contribution in [0, 0.1) is 0 Å². The zero-order valence-corrected chi connectivity index (χ0v) is 6.67. The Hall–Kier alpha value is -1.32. The molecular formula is C8H11NO3. The van der Waals surface area contributed by atoms with E-state index in [0.29, 0.717) is 12.8 Å². The van der Waals surface area contributed by atoms with Crippen molar-refractivity contribution in [1.82, 2.24) is 5.32 Å². The monoisotopic (exact) mass is 169 g/mol. The normalized spacial score (nSPS) is 28.2. The quantitative estimate of drug-likeness (QED) is 0.597. The summed E-state index contributed by atoms with van der Waals surface area (Å²) >= 11 is 0. The van der Waals surface area contributed by atoms with E-state index in [4.69, 9.17) is 5.11 Å². The van der Waals surface area contributed by atoms with E-state index in [2.05, 4.69) is 11.9 Å². The van der Waals surface area contributed by atoms with E-state index < -0.39 is 11.5 Å². The molecule has 1 saturated heterocycles. The third-order valence-corrected chi connectivity index (χ3v) is 2.04. The maximum absolute atomic E-state index is 10.8. The lowest BCUT2D eigenvalue weighted by atomic mass is 9.94. The van der Waals surface area contributed by atoms with Crippen molar-refractivity contribution in [3.63, 3.8) is 0 Å². The number of carboxylic acids is 1. The summed E-state index contributed by atoms with van der Waals surface area (Å²) in [6, 6.07) is 0. The molecule has 1 atom stereocenters. The van der Waals surface area contributed by atoms with Crippen LogP contribution < -0.4 is 5.32 Å². The zero-order chi connectivity index (χ0) is 9.19. The van der Waals surface area contributed by atoms with Crippen molar-refractivity contribution in [3.05, 3.63) is 12.7 Å². The van der Waals surface area contributed by atoms with Gasteiger partial charge in [0, 0.05) is 6.42 Å². The first-order chi connectivity index (χ1) is 5.58. The summed E-state index contributed by atoms with van der Waals surface area (Å²) in [6.07, 6.45) is 2.34. The summed E-state index contributed by atoms with van der Waals surface area (Å²) in [5.74, 6) is -1.02. The fourth-order valence-corrected chi connectivity index (χ4v) is 1.37. The van der Waals surface area contributed by atoms with Crippen LogP contribution in [-0.4, -0.2) is 22.5 Å². The average molecular weight is 169 g/mol. The number of carbonyl (C=O) groups is 2. The fraction of sp³-hybridized carbons (Fsp3) is 0.500. The minimum Gasteiger partial charge on any atom is -0.481 e. The number of nitrogens with one attached hydrogen (secondary N) is 1. The minimum absolute atomic E-state index is 0.0811. The molecule has 0 spiro atoms. The molecule has 0 saturated carbocycles. The number of carboxylic acid groups (broad SMARTS) is 1. The number of rotatable bonds is 3. The third-order valence-electron chi connectivity index (χ3n) is 2.04. The van der Waals surface area contributed by atoms with Gasteiger partial charge >= 0.3 is 5.97 Å². The Kier molecular flexibility index (Phi) is 2.17. The predicted octanol–water partition coefficient (Wildman–Crippen LogP) is 0.296. The summed E-state index contributed by atoms with van der Waals surface area (Å²) in [7, 11) is 0. The zero-order valence-electron chi connectivity index (χ0n) is 6.67. The number of amides is 1. The second-order valence-corrected chi connectivity index (χ2v) is 2.98. The van der Waals surface area contributed by atoms with Crippen molar-refractivity contribution in [2.45, 2.75) is 24.8 Å². The van der Waals surface area contributed by atoms with Crippen LogP contribution in [0.4, 0.5) is 0 Å². The van der Waals surface area contributed by atoms with E-state index in [1.54, 1.807) is 0 Å². The minimum atomic E-state index is -0.919. The highest BCUT2D eigenvalue weighted by molar-refractivity contribution is 5.82. The molecule has 1 unspecified atom stereocenters. The Morgan fingerprint density at radius 2 is 2.50 bits per heavy atom. The topological polar surface area (TPSA) is 66.4 Å². The maximum atomic E-state index is 10.8. The van der Waals surface area contributed by atoms with E-state index in [1.165, 1.54) is 6.08 Å². The molecule has 1 fully saturated rings. The van der Waals surface area contributed by atoms with Crippen LogP contribution in [0.25, 0.3) is 0 Å². The van der Waals surface area contributed by atoms with Gasteiger partial charge in [-0.05, 0) is 6.42 Å². The predicted molar refractivity (Wildman–Crippen MR) is 42.6 cm³/mol. The van der Waals surface area contributed by atoms with Crippen LogP contribution in [0.3, 0.4) is 0 Å². The molecule has 1 amide bonds. The lowest BCUT2D eigenvalue weighted by Crippen LogP contribution is -2.41. The standard InChI is InChI=1S/C8H11NO3/c1-2-8(5-7(11)12)4-3-6(10)9-8/h2H,1,3-5H2,(H,9,10)(H,11,12). The molecule has 1 heterocycles. The molecule has 0 radical (unpaired) electrons. The SMILES string of the molecule is C=CC1(CC(=O)O)CCC(=O)N1. The van der Waals surface area contributed by atoms with Crippen LogP contribution >= 0.6 is 0 Å². The summed E-state index contributed by atoms with van der Waals surface area (Å²) in [6.45, 7) is 3.52. The molecule has 0 aliphatic carbocycles. The van der Waals surface area contributed by atoms with Gasteiger partial charge in [0.05, 0.1) is 12.0 Å². The number of carbonyl (C=O) groups excluding carboxylic acids is 1. The summed E-state index contributed by atoms with van der Waals surface area (Å²) < 4.78 is 0. The molecular weight excluding hydrogens is 158 g/mol. The second kappa shape index (κ2) is 2.97. The lowest BCUT2D eigenvalue weighted by Gasteiger charge is -2.22. The van der Waals surface area contributed by atoms with Gasteiger partial charge in [-0.25, -0.2) is 0 Å². The largest absolute Gasteiger partial charge is 0.481 e. The number of aliphatic carboxylic acids is 1. The van der Waals surface area contributed by atoms with Gasteiger partial charge in [-0.3, -0.25) is 9.59 Å². The van der Waals surface area contributed by atoms with Crippen molar-refractivity contribution < 1.29 is 14.7 Å². The first-order valence-electron chi connectivity index (χ1n) is 3.74. The highest BCUT2D eigenvalue weighted by atomic mass is 16.4. The molecule has 0 aromatic carbocycles. The molecule has 1 rings (SSSR count). The van der Waals surface area contributed by atoms with Crippen LogP contribution in [-0.2, 0) is 9.59 Å². The number of hydrogen-bond donors (Lipinski definition) is 2. The van der Waals surface area contributed by atoms with E-state index in [-0.39, 0.29) is 12.3 Å². The molecule has 66 valence electrons. The van der Waals surface area contributed by atoms with Gasteiger partial charge in [0.15, 0.2) is 0 Å². The lowest BCUT2D eigenvalue weighted by molar-refractivity contribution is -0.138. The van der Waals surface area contributed by atoms with E-state index in [0.717, 1.165) is 0 Å². The fourth-order valence-electron chi connectivity index (χ4n) is 1.37. The molecule has 2 N–H and O–H groups in total. The van der Waals surface area contributed by atoms with E-state index in [1.807, 2.05) is 0 Å². The Bertz CT molecular complexity index is 236. The second-order valence-electron chi connectivity index (χ2n) is 2.98. The molecule has 1 aliphatic heterocycles. The van der Waals surface area contributed by atoms with Crippen LogP contribution in [0.15, 0.2) is 12.7 Å². The first kappa shape index (κ1) is 8.77. The van der Waals surface area contributed by atoms with Gasteiger partial charge in [-0.2, -0.15) is 0 Å². The van der Waals surface area contributed by atoms with Crippen molar-refractivity contribution in [2.75, 3.05) is 0 Å². The van der Waals surface area contributed by atoms with Crippen molar-refractivity contribution in [3.8, 4) is 0 Å². The molecule has 4 nitrogen and oxygen atoms in total. The maximum Gasteiger partial charge on any atom is 0.306 e. The molecule has 12 heavy (non-hydrogen) atoms. The van der Waals surface area contributed by atoms with Crippen molar-refractivity contribution in [1.29, 1.82) is 0 Å². The summed E-state index contributed by atoms with van der Waals surface area (Å²) in [5.41, 5.74) is -0.705. The van der Waals surface area contributed by atoms with Crippen LogP contribution in [0.1, 0.15) is 19.3 Å². The highest BCUT2D eigenvalue weighted by Gasteiger charge is 2.36. The van der Waals surface area contributed by atoms with E-state index in [9.17, 15) is 9.59 Å². The molecule has 0 aromatic heterocycles. The van der Waals surface area contributed by atoms with Gasteiger partial charge in [-0.1, -0.05) is 6.08 Å². The smallest absolute Gasteiger partial charge is 0.306 e. The molecule has 0 bridgehead atoms. The van der Waals surface area contributed by atoms with Crippen LogP contribution in [0.5, 0.6) is 0 Å². The van der Waals surface area contributed by atoms with Gasteiger partial charge < -0.3 is 10.4 Å². The summed E-state index contributed by atoms with van der Waals surface area (Å²) in [5, 5.41) is 11.2. The Labute approximate surface area is 70.3 Å². The van der Waals surface area contributed by atoms with Crippen molar-refractivity contribution >= 4 is 11.9 Å².